The number of hydrogen-bond donors (Lipinski definition) is 0. The van der Waals surface area contributed by atoms with Gasteiger partial charge in [-0.1, -0.05) is 24.3 Å². The molecule has 23 heavy (non-hydrogen) atoms. The molecule has 0 unspecified atom stereocenters. The normalized spacial score (nSPS) is 12.8. The van der Waals surface area contributed by atoms with Crippen LogP contribution in [0.2, 0.25) is 0 Å². The van der Waals surface area contributed by atoms with E-state index in [-0.39, 0.29) is 35.5 Å². The maximum absolute atomic E-state index is 12.9. The quantitative estimate of drug-likeness (QED) is 0.274. The van der Waals surface area contributed by atoms with Crippen LogP contribution in [0.1, 0.15) is 37.9 Å². The Balaban J connectivity index is 0.00000156. The van der Waals surface area contributed by atoms with E-state index < -0.39 is 0 Å². The van der Waals surface area contributed by atoms with Crippen LogP contribution in [-0.2, 0) is 14.1 Å². The Morgan fingerprint density at radius 3 is 2.04 bits per heavy atom. The summed E-state index contributed by atoms with van der Waals surface area (Å²) in [5.74, 6) is 0.715. The average molecular weight is 418 g/mol. The lowest BCUT2D eigenvalue weighted by Gasteiger charge is -2.13. The van der Waals surface area contributed by atoms with Gasteiger partial charge in [-0.2, -0.15) is 0 Å². The Labute approximate surface area is 150 Å². The largest absolute Gasteiger partial charge is 1.00 e. The number of benzene rings is 2. The third kappa shape index (κ3) is 1.99. The average Bonchev–Trinajstić information content (AvgIpc) is 2.76. The van der Waals surface area contributed by atoms with E-state index in [9.17, 15) is 9.59 Å². The van der Waals surface area contributed by atoms with E-state index in [0.717, 1.165) is 16.6 Å². The van der Waals surface area contributed by atoms with E-state index in [1.165, 1.54) is 0 Å². The number of nitrogens with zero attached hydrogens (tertiary/aromatic N) is 2. The Kier molecular flexibility index (Phi) is 3.63. The molecule has 0 spiro atoms. The lowest BCUT2D eigenvalue weighted by Crippen LogP contribution is -3.00. The lowest BCUT2D eigenvalue weighted by atomic mass is 9.87. The molecule has 1 aliphatic carbocycles. The Morgan fingerprint density at radius 1 is 0.957 bits per heavy atom. The molecule has 1 aromatic heterocycles. The SMILES string of the molecule is Cc1n(C)c2c([n+]1C)C(=O)c1cc3ccccc3cc1C2=O.[I-]. The van der Waals surface area contributed by atoms with Crippen LogP contribution in [0.3, 0.4) is 0 Å². The number of ketones is 2. The predicted octanol–water partition coefficient (Wildman–Crippen LogP) is -0.909. The molecule has 0 aliphatic heterocycles. The fourth-order valence-corrected chi connectivity index (χ4v) is 3.26. The highest BCUT2D eigenvalue weighted by Crippen LogP contribution is 2.29. The van der Waals surface area contributed by atoms with E-state index in [1.807, 2.05) is 57.4 Å². The number of aromatic nitrogens is 2. The lowest BCUT2D eigenvalue weighted by molar-refractivity contribution is -0.679. The van der Waals surface area contributed by atoms with Gasteiger partial charge < -0.3 is 24.0 Å². The van der Waals surface area contributed by atoms with Gasteiger partial charge in [0.2, 0.25) is 23.0 Å². The van der Waals surface area contributed by atoms with Crippen molar-refractivity contribution < 1.29 is 38.1 Å². The topological polar surface area (TPSA) is 43.0 Å². The minimum absolute atomic E-state index is 0. The molecule has 3 aromatic rings. The van der Waals surface area contributed by atoms with Crippen molar-refractivity contribution >= 4 is 22.3 Å². The summed E-state index contributed by atoms with van der Waals surface area (Å²) in [6.07, 6.45) is 0. The van der Waals surface area contributed by atoms with Crippen molar-refractivity contribution in [3.05, 3.63) is 64.7 Å². The molecule has 0 bridgehead atoms. The molecule has 0 atom stereocenters. The monoisotopic (exact) mass is 418 g/mol. The summed E-state index contributed by atoms with van der Waals surface area (Å²) in [6.45, 7) is 1.90. The van der Waals surface area contributed by atoms with Crippen LogP contribution in [-0.4, -0.2) is 16.1 Å². The smallest absolute Gasteiger partial charge is 0.253 e. The predicted molar refractivity (Wildman–Crippen MR) is 82.1 cm³/mol. The van der Waals surface area contributed by atoms with E-state index in [1.54, 1.807) is 9.13 Å². The van der Waals surface area contributed by atoms with Crippen LogP contribution >= 0.6 is 0 Å². The summed E-state index contributed by atoms with van der Waals surface area (Å²) >= 11 is 0. The fraction of sp³-hybridized carbons (Fsp3) is 0.167. The van der Waals surface area contributed by atoms with Gasteiger partial charge >= 0.3 is 0 Å². The van der Waals surface area contributed by atoms with E-state index in [0.29, 0.717) is 22.5 Å². The number of halogens is 1. The molecule has 2 aromatic carbocycles. The molecule has 5 heteroatoms. The van der Waals surface area contributed by atoms with Gasteiger partial charge in [0.25, 0.3) is 5.82 Å². The fourth-order valence-electron chi connectivity index (χ4n) is 3.26. The first-order valence-electron chi connectivity index (χ1n) is 7.18. The maximum Gasteiger partial charge on any atom is 0.253 e. The Morgan fingerprint density at radius 2 is 1.48 bits per heavy atom. The first-order valence-corrected chi connectivity index (χ1v) is 7.18. The van der Waals surface area contributed by atoms with Crippen molar-refractivity contribution in [3.8, 4) is 0 Å². The van der Waals surface area contributed by atoms with E-state index in [4.69, 9.17) is 0 Å². The summed E-state index contributed by atoms with van der Waals surface area (Å²) in [7, 11) is 3.65. The van der Waals surface area contributed by atoms with Gasteiger partial charge in [-0.25, -0.2) is 9.13 Å². The standard InChI is InChI=1S/C18H15N2O2.HI/c1-10-19(2)15-16(20(10)3)18(22)14-9-12-7-5-4-6-11(12)8-13(14)17(15)21;/h4-9H,1-3H3;1H/q+1;/p-1. The third-order valence-corrected chi connectivity index (χ3v) is 4.67. The Bertz CT molecular complexity index is 924. The molecule has 1 aliphatic rings. The molecule has 0 amide bonds. The molecule has 4 rings (SSSR count). The number of carbonyl (C=O) groups is 2. The molecule has 0 saturated heterocycles. The molecule has 0 N–H and O–H groups in total. The van der Waals surface area contributed by atoms with Gasteiger partial charge in [-0.05, 0) is 22.9 Å². The highest BCUT2D eigenvalue weighted by atomic mass is 127. The van der Waals surface area contributed by atoms with Gasteiger partial charge in [-0.15, -0.1) is 0 Å². The van der Waals surface area contributed by atoms with Crippen LogP contribution < -0.4 is 28.5 Å². The van der Waals surface area contributed by atoms with Crippen LogP contribution in [0, 0.1) is 6.92 Å². The second kappa shape index (κ2) is 5.26. The van der Waals surface area contributed by atoms with Gasteiger partial charge in [0.05, 0.1) is 14.1 Å². The molecule has 0 radical (unpaired) electrons. The van der Waals surface area contributed by atoms with Crippen molar-refractivity contribution in [2.24, 2.45) is 14.1 Å². The van der Waals surface area contributed by atoms with Crippen LogP contribution in [0.5, 0.6) is 0 Å². The zero-order chi connectivity index (χ0) is 15.6. The van der Waals surface area contributed by atoms with Gasteiger partial charge in [-0.3, -0.25) is 9.59 Å². The summed E-state index contributed by atoms with van der Waals surface area (Å²) < 4.78 is 3.60. The molecule has 0 saturated carbocycles. The molecular weight excluding hydrogens is 403 g/mol. The Hall–Kier alpha value is -2.02. The number of rotatable bonds is 0. The van der Waals surface area contributed by atoms with Gasteiger partial charge in [0.1, 0.15) is 0 Å². The zero-order valence-electron chi connectivity index (χ0n) is 13.1. The first-order chi connectivity index (χ1) is 10.5. The van der Waals surface area contributed by atoms with Crippen LogP contribution in [0.4, 0.5) is 0 Å². The molecule has 116 valence electrons. The highest BCUT2D eigenvalue weighted by Gasteiger charge is 2.41. The zero-order valence-corrected chi connectivity index (χ0v) is 15.2. The second-order valence-corrected chi connectivity index (χ2v) is 5.77. The van der Waals surface area contributed by atoms with Crippen molar-refractivity contribution in [1.82, 2.24) is 4.57 Å². The van der Waals surface area contributed by atoms with E-state index >= 15 is 0 Å². The number of hydrogen-bond acceptors (Lipinski definition) is 2. The van der Waals surface area contributed by atoms with Crippen LogP contribution in [0.15, 0.2) is 36.4 Å². The van der Waals surface area contributed by atoms with Gasteiger partial charge in [0, 0.05) is 18.1 Å². The second-order valence-electron chi connectivity index (χ2n) is 5.77. The summed E-state index contributed by atoms with van der Waals surface area (Å²) in [4.78, 5) is 25.8. The van der Waals surface area contributed by atoms with E-state index in [2.05, 4.69) is 0 Å². The number of carbonyl (C=O) groups excluding carboxylic acids is 2. The van der Waals surface area contributed by atoms with Crippen molar-refractivity contribution in [2.45, 2.75) is 6.92 Å². The van der Waals surface area contributed by atoms with Crippen molar-refractivity contribution in [2.75, 3.05) is 0 Å². The molecule has 0 fully saturated rings. The first kappa shape index (κ1) is 15.9. The maximum atomic E-state index is 12.9. The molecular formula is C18H15IN2O2. The van der Waals surface area contributed by atoms with Crippen molar-refractivity contribution in [3.63, 3.8) is 0 Å². The summed E-state index contributed by atoms with van der Waals surface area (Å²) in [5.41, 5.74) is 1.95. The summed E-state index contributed by atoms with van der Waals surface area (Å²) in [6, 6.07) is 11.4. The van der Waals surface area contributed by atoms with Gasteiger partial charge in [0.15, 0.2) is 0 Å². The summed E-state index contributed by atoms with van der Waals surface area (Å²) in [5, 5.41) is 1.95. The minimum atomic E-state index is -0.0819. The molecule has 4 nitrogen and oxygen atoms in total. The van der Waals surface area contributed by atoms with Crippen molar-refractivity contribution in [1.29, 1.82) is 0 Å². The molecule has 1 heterocycles. The highest BCUT2D eigenvalue weighted by molar-refractivity contribution is 6.27. The van der Waals surface area contributed by atoms with Crippen LogP contribution in [0.25, 0.3) is 10.8 Å². The number of fused-ring (bicyclic) bond motifs is 3. The minimum Gasteiger partial charge on any atom is -1.00 e. The third-order valence-electron chi connectivity index (χ3n) is 4.67. The number of imidazole rings is 1.